The number of methoxy groups -OCH3 is 1. The van der Waals surface area contributed by atoms with E-state index in [-0.39, 0.29) is 22.8 Å². The van der Waals surface area contributed by atoms with E-state index in [0.717, 1.165) is 57.2 Å². The van der Waals surface area contributed by atoms with Crippen LogP contribution in [0, 0.1) is 11.3 Å². The van der Waals surface area contributed by atoms with Gasteiger partial charge < -0.3 is 14.7 Å². The van der Waals surface area contributed by atoms with E-state index in [4.69, 9.17) is 4.74 Å². The first-order valence-electron chi connectivity index (χ1n) is 11.0. The number of benzene rings is 1. The zero-order valence-corrected chi connectivity index (χ0v) is 17.9. The van der Waals surface area contributed by atoms with Crippen LogP contribution < -0.4 is 4.74 Å². The summed E-state index contributed by atoms with van der Waals surface area (Å²) in [5.74, 6) is 1.26. The highest BCUT2D eigenvalue weighted by atomic mass is 16.5. The van der Waals surface area contributed by atoms with Gasteiger partial charge in [0.05, 0.1) is 18.8 Å². The highest BCUT2D eigenvalue weighted by molar-refractivity contribution is 5.97. The Balaban J connectivity index is 1.74. The van der Waals surface area contributed by atoms with Crippen molar-refractivity contribution in [3.63, 3.8) is 0 Å². The molecule has 0 unspecified atom stereocenters. The lowest BCUT2D eigenvalue weighted by atomic mass is 9.49. The molecule has 1 saturated carbocycles. The highest BCUT2D eigenvalue weighted by Gasteiger charge is 2.53. The Morgan fingerprint density at radius 1 is 1.14 bits per heavy atom. The maximum absolute atomic E-state index is 13.2. The summed E-state index contributed by atoms with van der Waals surface area (Å²) < 4.78 is 5.72. The number of fused-ring (bicyclic) bond motifs is 3. The number of ether oxygens (including phenoxy) is 1. The standard InChI is InChI=1S/C24H35NO3/c1-23(2)20-9-8-16-14-17(22(27)25-12-6-5-7-13-25)19(28-4)15-18(16)24(20,3)11-10-21(23)26/h14-15,20-21,26H,5-13H2,1-4H3/t20-,21-,24+/m0/s1. The predicted octanol–water partition coefficient (Wildman–Crippen LogP) is 4.32. The molecule has 2 aliphatic carbocycles. The van der Waals surface area contributed by atoms with Gasteiger partial charge in [0.15, 0.2) is 0 Å². The second-order valence-corrected chi connectivity index (χ2v) is 9.95. The van der Waals surface area contributed by atoms with Crippen molar-refractivity contribution in [1.29, 1.82) is 0 Å². The van der Waals surface area contributed by atoms with E-state index < -0.39 is 0 Å². The maximum Gasteiger partial charge on any atom is 0.257 e. The smallest absolute Gasteiger partial charge is 0.257 e. The van der Waals surface area contributed by atoms with Gasteiger partial charge in [-0.25, -0.2) is 0 Å². The van der Waals surface area contributed by atoms with E-state index in [1.54, 1.807) is 7.11 Å². The van der Waals surface area contributed by atoms with E-state index >= 15 is 0 Å². The molecule has 1 heterocycles. The normalized spacial score (nSPS) is 31.7. The topological polar surface area (TPSA) is 49.8 Å². The van der Waals surface area contributed by atoms with E-state index in [1.165, 1.54) is 17.5 Å². The molecule has 1 aromatic carbocycles. The number of carbonyl (C=O) groups excluding carboxylic acids is 1. The van der Waals surface area contributed by atoms with Crippen LogP contribution in [0.25, 0.3) is 0 Å². The fraction of sp³-hybridized carbons (Fsp3) is 0.708. The van der Waals surface area contributed by atoms with Crippen molar-refractivity contribution in [3.8, 4) is 5.75 Å². The van der Waals surface area contributed by atoms with Crippen LogP contribution >= 0.6 is 0 Å². The van der Waals surface area contributed by atoms with Crippen molar-refractivity contribution < 1.29 is 14.6 Å². The Bertz CT molecular complexity index is 765. The molecule has 4 nitrogen and oxygen atoms in total. The molecule has 1 aromatic rings. The van der Waals surface area contributed by atoms with Gasteiger partial charge in [0.2, 0.25) is 0 Å². The average molecular weight is 386 g/mol. The molecule has 0 radical (unpaired) electrons. The zero-order valence-electron chi connectivity index (χ0n) is 17.9. The minimum absolute atomic E-state index is 0.0241. The van der Waals surface area contributed by atoms with Crippen molar-refractivity contribution in [1.82, 2.24) is 4.90 Å². The number of nitrogens with zero attached hydrogens (tertiary/aromatic N) is 1. The van der Waals surface area contributed by atoms with Gasteiger partial charge in [-0.1, -0.05) is 20.8 Å². The van der Waals surface area contributed by atoms with E-state index in [2.05, 4.69) is 32.9 Å². The number of hydrogen-bond acceptors (Lipinski definition) is 3. The number of amides is 1. The molecule has 1 saturated heterocycles. The predicted molar refractivity (Wildman–Crippen MR) is 111 cm³/mol. The zero-order chi connectivity index (χ0) is 20.1. The first-order chi connectivity index (χ1) is 13.3. The number of piperidine rings is 1. The van der Waals surface area contributed by atoms with Crippen LogP contribution in [0.3, 0.4) is 0 Å². The minimum atomic E-state index is -0.242. The fourth-order valence-corrected chi connectivity index (χ4v) is 6.32. The fourth-order valence-electron chi connectivity index (χ4n) is 6.32. The lowest BCUT2D eigenvalue weighted by molar-refractivity contribution is -0.0731. The van der Waals surface area contributed by atoms with Crippen LogP contribution in [0.1, 0.15) is 80.8 Å². The molecule has 0 bridgehead atoms. The number of rotatable bonds is 2. The van der Waals surface area contributed by atoms with Crippen molar-refractivity contribution in [2.45, 2.75) is 77.2 Å². The second-order valence-electron chi connectivity index (χ2n) is 9.95. The van der Waals surface area contributed by atoms with Crippen molar-refractivity contribution in [2.24, 2.45) is 11.3 Å². The third kappa shape index (κ3) is 2.96. The second kappa shape index (κ2) is 7.05. The summed E-state index contributed by atoms with van der Waals surface area (Å²) in [4.78, 5) is 15.2. The lowest BCUT2D eigenvalue weighted by Gasteiger charge is -2.56. The number of carbonyl (C=O) groups is 1. The summed E-state index contributed by atoms with van der Waals surface area (Å²) in [6, 6.07) is 4.26. The van der Waals surface area contributed by atoms with Gasteiger partial charge in [-0.15, -0.1) is 0 Å². The molecular formula is C24H35NO3. The van der Waals surface area contributed by atoms with E-state index in [0.29, 0.717) is 11.7 Å². The number of aliphatic hydroxyl groups excluding tert-OH is 1. The molecular weight excluding hydrogens is 350 g/mol. The van der Waals surface area contributed by atoms with Crippen LogP contribution in [-0.2, 0) is 11.8 Å². The summed E-state index contributed by atoms with van der Waals surface area (Å²) >= 11 is 0. The summed E-state index contributed by atoms with van der Waals surface area (Å²) in [7, 11) is 1.67. The van der Waals surface area contributed by atoms with Gasteiger partial charge in [-0.05, 0) is 85.0 Å². The highest BCUT2D eigenvalue weighted by Crippen LogP contribution is 2.57. The van der Waals surface area contributed by atoms with Gasteiger partial charge in [0, 0.05) is 13.1 Å². The largest absolute Gasteiger partial charge is 0.496 e. The molecule has 0 aromatic heterocycles. The molecule has 1 aliphatic heterocycles. The average Bonchev–Trinajstić information content (AvgIpc) is 2.70. The molecule has 2 fully saturated rings. The Hall–Kier alpha value is -1.55. The van der Waals surface area contributed by atoms with Crippen LogP contribution in [0.2, 0.25) is 0 Å². The van der Waals surface area contributed by atoms with Gasteiger partial charge in [-0.2, -0.15) is 0 Å². The van der Waals surface area contributed by atoms with Crippen molar-refractivity contribution >= 4 is 5.91 Å². The van der Waals surface area contributed by atoms with Gasteiger partial charge in [0.25, 0.3) is 5.91 Å². The Morgan fingerprint density at radius 3 is 2.54 bits per heavy atom. The molecule has 0 spiro atoms. The van der Waals surface area contributed by atoms with Crippen LogP contribution in [-0.4, -0.2) is 42.2 Å². The van der Waals surface area contributed by atoms with E-state index in [1.807, 2.05) is 4.90 Å². The Kier molecular flexibility index (Phi) is 4.97. The number of aliphatic hydroxyl groups is 1. The summed E-state index contributed by atoms with van der Waals surface area (Å²) in [6.07, 6.45) is 7.01. The number of hydrogen-bond donors (Lipinski definition) is 1. The quantitative estimate of drug-likeness (QED) is 0.825. The third-order valence-corrected chi connectivity index (χ3v) is 8.08. The molecule has 4 heteroatoms. The van der Waals surface area contributed by atoms with Crippen LogP contribution in [0.15, 0.2) is 12.1 Å². The SMILES string of the molecule is COc1cc2c(cc1C(=O)N1CCCCC1)CC[C@H]1C(C)(C)[C@@H](O)CC[C@]21C. The maximum atomic E-state index is 13.2. The van der Waals surface area contributed by atoms with Crippen molar-refractivity contribution in [2.75, 3.05) is 20.2 Å². The van der Waals surface area contributed by atoms with Crippen LogP contribution in [0.5, 0.6) is 5.75 Å². The van der Waals surface area contributed by atoms with Gasteiger partial charge >= 0.3 is 0 Å². The molecule has 4 rings (SSSR count). The molecule has 28 heavy (non-hydrogen) atoms. The number of aryl methyl sites for hydroxylation is 1. The number of likely N-dealkylation sites (tertiary alicyclic amines) is 1. The summed E-state index contributed by atoms with van der Waals surface area (Å²) in [5.41, 5.74) is 3.28. The van der Waals surface area contributed by atoms with E-state index in [9.17, 15) is 9.90 Å². The molecule has 1 amide bonds. The molecule has 3 atom stereocenters. The molecule has 1 N–H and O–H groups in total. The minimum Gasteiger partial charge on any atom is -0.496 e. The monoisotopic (exact) mass is 385 g/mol. The summed E-state index contributed by atoms with van der Waals surface area (Å²) in [5, 5.41) is 10.6. The Morgan fingerprint density at radius 2 is 1.86 bits per heavy atom. The lowest BCUT2D eigenvalue weighted by Crippen LogP contribution is -2.53. The molecule has 3 aliphatic rings. The Labute approximate surface area is 169 Å². The first-order valence-corrected chi connectivity index (χ1v) is 11.0. The molecule has 154 valence electrons. The van der Waals surface area contributed by atoms with Crippen molar-refractivity contribution in [3.05, 3.63) is 28.8 Å². The van der Waals surface area contributed by atoms with Crippen LogP contribution in [0.4, 0.5) is 0 Å². The van der Waals surface area contributed by atoms with Gasteiger partial charge in [0.1, 0.15) is 5.75 Å². The first kappa shape index (κ1) is 19.8. The third-order valence-electron chi connectivity index (χ3n) is 8.08. The van der Waals surface area contributed by atoms with Gasteiger partial charge in [-0.3, -0.25) is 4.79 Å². The summed E-state index contributed by atoms with van der Waals surface area (Å²) in [6.45, 7) is 8.50.